The summed E-state index contributed by atoms with van der Waals surface area (Å²) >= 11 is 0. The molecule has 0 fully saturated rings. The van der Waals surface area contributed by atoms with Gasteiger partial charge in [0.05, 0.1) is 12.9 Å². The van der Waals surface area contributed by atoms with Crippen molar-refractivity contribution >= 4 is 17.0 Å². The number of anilines is 1. The van der Waals surface area contributed by atoms with Crippen molar-refractivity contribution < 1.29 is 4.74 Å². The molecule has 0 aliphatic heterocycles. The summed E-state index contributed by atoms with van der Waals surface area (Å²) in [4.78, 5) is 12.3. The van der Waals surface area contributed by atoms with Crippen LogP contribution in [0, 0.1) is 5.92 Å². The van der Waals surface area contributed by atoms with Crippen molar-refractivity contribution in [1.82, 2.24) is 19.5 Å². The van der Waals surface area contributed by atoms with Crippen LogP contribution >= 0.6 is 0 Å². The summed E-state index contributed by atoms with van der Waals surface area (Å²) in [6.45, 7) is 6.55. The van der Waals surface area contributed by atoms with Crippen molar-refractivity contribution in [3.8, 4) is 0 Å². The molecule has 0 aliphatic carbocycles. The molecule has 98 valence electrons. The maximum absolute atomic E-state index is 5.72. The fraction of sp³-hybridized carbons (Fsp3) is 0.583. The van der Waals surface area contributed by atoms with Crippen LogP contribution in [0.4, 0.5) is 5.82 Å². The minimum atomic E-state index is 0.416. The van der Waals surface area contributed by atoms with Gasteiger partial charge in [0.25, 0.3) is 0 Å². The first kappa shape index (κ1) is 12.8. The summed E-state index contributed by atoms with van der Waals surface area (Å²) < 4.78 is 7.51. The van der Waals surface area contributed by atoms with Gasteiger partial charge in [-0.25, -0.2) is 15.0 Å². The van der Waals surface area contributed by atoms with Crippen LogP contribution < -0.4 is 5.73 Å². The van der Waals surface area contributed by atoms with Crippen LogP contribution in [-0.2, 0) is 11.3 Å². The molecule has 0 atom stereocenters. The summed E-state index contributed by atoms with van der Waals surface area (Å²) in [7, 11) is 0. The van der Waals surface area contributed by atoms with E-state index in [2.05, 4.69) is 28.8 Å². The van der Waals surface area contributed by atoms with Gasteiger partial charge in [-0.15, -0.1) is 0 Å². The molecule has 2 heterocycles. The van der Waals surface area contributed by atoms with E-state index in [1.807, 2.05) is 4.57 Å². The van der Waals surface area contributed by atoms with E-state index in [-0.39, 0.29) is 0 Å². The number of nitrogens with zero attached hydrogens (tertiary/aromatic N) is 4. The number of aromatic nitrogens is 4. The normalized spacial score (nSPS) is 11.5. The van der Waals surface area contributed by atoms with Crippen molar-refractivity contribution in [3.05, 3.63) is 12.7 Å². The summed E-state index contributed by atoms with van der Waals surface area (Å²) in [5.41, 5.74) is 7.13. The zero-order valence-corrected chi connectivity index (χ0v) is 10.8. The van der Waals surface area contributed by atoms with Crippen LogP contribution in [0.5, 0.6) is 0 Å². The Balaban J connectivity index is 1.90. The van der Waals surface area contributed by atoms with Crippen LogP contribution in [0.3, 0.4) is 0 Å². The smallest absolute Gasteiger partial charge is 0.165 e. The SMILES string of the molecule is CC(C)CCOCCn1cnc2c(N)ncnc21. The number of nitrogens with two attached hydrogens (primary N) is 1. The Hall–Kier alpha value is -1.69. The van der Waals surface area contributed by atoms with Crippen molar-refractivity contribution in [2.75, 3.05) is 18.9 Å². The van der Waals surface area contributed by atoms with E-state index in [1.54, 1.807) is 6.33 Å². The molecule has 2 aromatic heterocycles. The topological polar surface area (TPSA) is 78.9 Å². The first-order valence-electron chi connectivity index (χ1n) is 6.17. The summed E-state index contributed by atoms with van der Waals surface area (Å²) in [6, 6.07) is 0. The lowest BCUT2D eigenvalue weighted by atomic mass is 10.1. The predicted octanol–water partition coefficient (Wildman–Crippen LogP) is 1.47. The lowest BCUT2D eigenvalue weighted by Crippen LogP contribution is -2.08. The minimum Gasteiger partial charge on any atom is -0.382 e. The first-order chi connectivity index (χ1) is 8.68. The van der Waals surface area contributed by atoms with Crippen LogP contribution in [0.2, 0.25) is 0 Å². The number of hydrogen-bond donors (Lipinski definition) is 1. The monoisotopic (exact) mass is 249 g/mol. The second-order valence-electron chi connectivity index (χ2n) is 4.66. The number of hydrogen-bond acceptors (Lipinski definition) is 5. The molecule has 0 bridgehead atoms. The average Bonchev–Trinajstić information content (AvgIpc) is 2.73. The summed E-state index contributed by atoms with van der Waals surface area (Å²) in [5, 5.41) is 0. The molecule has 0 saturated carbocycles. The molecular weight excluding hydrogens is 230 g/mol. The Kier molecular flexibility index (Phi) is 4.09. The lowest BCUT2D eigenvalue weighted by Gasteiger charge is -2.07. The fourth-order valence-corrected chi connectivity index (χ4v) is 1.65. The predicted molar refractivity (Wildman–Crippen MR) is 70.0 cm³/mol. The number of ether oxygens (including phenoxy) is 1. The second-order valence-corrected chi connectivity index (χ2v) is 4.66. The molecule has 0 radical (unpaired) electrons. The van der Waals surface area contributed by atoms with Crippen LogP contribution in [0.1, 0.15) is 20.3 Å². The highest BCUT2D eigenvalue weighted by molar-refractivity contribution is 5.80. The molecule has 0 unspecified atom stereocenters. The standard InChI is InChI=1S/C12H19N5O/c1-9(2)3-5-18-6-4-17-8-16-10-11(13)14-7-15-12(10)17/h7-9H,3-6H2,1-2H3,(H2,13,14,15). The molecule has 6 heteroatoms. The van der Waals surface area contributed by atoms with Gasteiger partial charge >= 0.3 is 0 Å². The molecule has 0 amide bonds. The number of nitrogen functional groups attached to an aromatic ring is 1. The second kappa shape index (κ2) is 5.77. The van der Waals surface area contributed by atoms with Gasteiger partial charge in [0, 0.05) is 13.2 Å². The average molecular weight is 249 g/mol. The summed E-state index contributed by atoms with van der Waals surface area (Å²) in [5.74, 6) is 1.09. The van der Waals surface area contributed by atoms with E-state index in [9.17, 15) is 0 Å². The molecule has 6 nitrogen and oxygen atoms in total. The van der Waals surface area contributed by atoms with E-state index in [1.165, 1.54) is 6.33 Å². The molecule has 18 heavy (non-hydrogen) atoms. The van der Waals surface area contributed by atoms with E-state index in [4.69, 9.17) is 10.5 Å². The molecule has 0 spiro atoms. The Morgan fingerprint density at radius 2 is 2.11 bits per heavy atom. The van der Waals surface area contributed by atoms with E-state index >= 15 is 0 Å². The number of rotatable bonds is 6. The van der Waals surface area contributed by atoms with Gasteiger partial charge in [-0.2, -0.15) is 0 Å². The largest absolute Gasteiger partial charge is 0.382 e. The Bertz CT molecular complexity index is 508. The van der Waals surface area contributed by atoms with Gasteiger partial charge in [-0.1, -0.05) is 13.8 Å². The Labute approximate surface area is 106 Å². The highest BCUT2D eigenvalue weighted by atomic mass is 16.5. The maximum Gasteiger partial charge on any atom is 0.165 e. The maximum atomic E-state index is 5.72. The van der Waals surface area contributed by atoms with E-state index < -0.39 is 0 Å². The van der Waals surface area contributed by atoms with E-state index in [0.717, 1.165) is 25.2 Å². The van der Waals surface area contributed by atoms with Gasteiger partial charge in [0.15, 0.2) is 11.5 Å². The fourth-order valence-electron chi connectivity index (χ4n) is 1.65. The minimum absolute atomic E-state index is 0.416. The molecular formula is C12H19N5O. The lowest BCUT2D eigenvalue weighted by molar-refractivity contribution is 0.117. The van der Waals surface area contributed by atoms with Gasteiger partial charge in [0.2, 0.25) is 0 Å². The third-order valence-corrected chi connectivity index (χ3v) is 2.75. The molecule has 0 saturated heterocycles. The number of imidazole rings is 1. The van der Waals surface area contributed by atoms with Gasteiger partial charge < -0.3 is 15.0 Å². The Morgan fingerprint density at radius 3 is 2.89 bits per heavy atom. The third kappa shape index (κ3) is 2.95. The molecule has 2 rings (SSSR count). The zero-order valence-electron chi connectivity index (χ0n) is 10.8. The van der Waals surface area contributed by atoms with Gasteiger partial charge in [-0.05, 0) is 12.3 Å². The highest BCUT2D eigenvalue weighted by Crippen LogP contribution is 2.13. The quantitative estimate of drug-likeness (QED) is 0.784. The first-order valence-corrected chi connectivity index (χ1v) is 6.17. The third-order valence-electron chi connectivity index (χ3n) is 2.75. The van der Waals surface area contributed by atoms with Gasteiger partial charge in [-0.3, -0.25) is 0 Å². The molecule has 2 N–H and O–H groups in total. The van der Waals surface area contributed by atoms with Crippen molar-refractivity contribution in [1.29, 1.82) is 0 Å². The van der Waals surface area contributed by atoms with E-state index in [0.29, 0.717) is 23.9 Å². The van der Waals surface area contributed by atoms with Crippen molar-refractivity contribution in [3.63, 3.8) is 0 Å². The number of fused-ring (bicyclic) bond motifs is 1. The summed E-state index contributed by atoms with van der Waals surface area (Å²) in [6.07, 6.45) is 4.26. The van der Waals surface area contributed by atoms with Crippen LogP contribution in [-0.4, -0.2) is 32.7 Å². The Morgan fingerprint density at radius 1 is 1.28 bits per heavy atom. The van der Waals surface area contributed by atoms with Crippen LogP contribution in [0.25, 0.3) is 11.2 Å². The van der Waals surface area contributed by atoms with Crippen molar-refractivity contribution in [2.24, 2.45) is 5.92 Å². The molecule has 0 aliphatic rings. The molecule has 0 aromatic carbocycles. The molecule has 2 aromatic rings. The zero-order chi connectivity index (χ0) is 13.0. The van der Waals surface area contributed by atoms with Crippen molar-refractivity contribution in [2.45, 2.75) is 26.8 Å². The van der Waals surface area contributed by atoms with Crippen LogP contribution in [0.15, 0.2) is 12.7 Å². The van der Waals surface area contributed by atoms with Gasteiger partial charge in [0.1, 0.15) is 11.8 Å². The highest BCUT2D eigenvalue weighted by Gasteiger charge is 2.07.